The highest BCUT2D eigenvalue weighted by Gasteiger charge is 2.21. The molecule has 2 N–H and O–H groups in total. The van der Waals surface area contributed by atoms with Crippen molar-refractivity contribution in [2.45, 2.75) is 50.7 Å². The van der Waals surface area contributed by atoms with Crippen LogP contribution in [0.5, 0.6) is 0 Å². The van der Waals surface area contributed by atoms with Crippen LogP contribution in [-0.2, 0) is 22.2 Å². The number of halogens is 1. The quantitative estimate of drug-likeness (QED) is 0.385. The van der Waals surface area contributed by atoms with Crippen molar-refractivity contribution >= 4 is 33.3 Å². The predicted octanol–water partition coefficient (Wildman–Crippen LogP) is 5.48. The Morgan fingerprint density at radius 2 is 1.85 bits per heavy atom. The van der Waals surface area contributed by atoms with Crippen LogP contribution in [0.1, 0.15) is 55.2 Å². The van der Waals surface area contributed by atoms with Crippen molar-refractivity contribution in [3.05, 3.63) is 71.4 Å². The maximum atomic E-state index is 11.9. The van der Waals surface area contributed by atoms with Gasteiger partial charge in [-0.1, -0.05) is 49.7 Å². The number of aryl methyl sites for hydroxylation is 1. The van der Waals surface area contributed by atoms with Gasteiger partial charge in [-0.2, -0.15) is 0 Å². The first kappa shape index (κ1) is 26.7. The van der Waals surface area contributed by atoms with E-state index in [2.05, 4.69) is 58.1 Å². The third kappa shape index (κ3) is 7.08. The van der Waals surface area contributed by atoms with Crippen LogP contribution in [0.4, 0.5) is 0 Å². The second-order valence-corrected chi connectivity index (χ2v) is 11.5. The second-order valence-electron chi connectivity index (χ2n) is 9.61. The molecule has 1 atom stereocenters. The molecule has 3 aromatic rings. The zero-order valence-corrected chi connectivity index (χ0v) is 21.9. The molecule has 2 aromatic carbocycles. The summed E-state index contributed by atoms with van der Waals surface area (Å²) in [6.07, 6.45) is 8.16. The van der Waals surface area contributed by atoms with E-state index in [0.29, 0.717) is 5.92 Å². The summed E-state index contributed by atoms with van der Waals surface area (Å²) in [6, 6.07) is 16.8. The lowest BCUT2D eigenvalue weighted by atomic mass is 9.90. The van der Waals surface area contributed by atoms with Crippen LogP contribution in [0.3, 0.4) is 0 Å². The molecule has 2 heterocycles. The minimum atomic E-state index is -3.26. The molecule has 34 heavy (non-hydrogen) atoms. The first-order chi connectivity index (χ1) is 15.9. The molecule has 5 nitrogen and oxygen atoms in total. The van der Waals surface area contributed by atoms with E-state index in [1.54, 1.807) is 0 Å². The normalized spacial score (nSPS) is 16.4. The molecule has 186 valence electrons. The van der Waals surface area contributed by atoms with Gasteiger partial charge in [-0.15, -0.1) is 12.4 Å². The lowest BCUT2D eigenvalue weighted by Crippen LogP contribution is -2.36. The Bertz CT molecular complexity index is 1140. The van der Waals surface area contributed by atoms with Crippen LogP contribution in [0.2, 0.25) is 0 Å². The number of benzene rings is 2. The molecular formula is C27H38ClN3O2S. The Labute approximate surface area is 210 Å². The third-order valence-electron chi connectivity index (χ3n) is 7.17. The average molecular weight is 504 g/mol. The van der Waals surface area contributed by atoms with E-state index in [9.17, 15) is 8.42 Å². The molecule has 1 aliphatic rings. The van der Waals surface area contributed by atoms with Gasteiger partial charge in [-0.25, -0.2) is 13.1 Å². The van der Waals surface area contributed by atoms with E-state index >= 15 is 0 Å². The summed E-state index contributed by atoms with van der Waals surface area (Å²) in [5, 5.41) is 1.16. The van der Waals surface area contributed by atoms with Crippen molar-refractivity contribution < 1.29 is 8.42 Å². The number of aromatic nitrogens is 1. The number of nitrogens with zero attached hydrogens (tertiary/aromatic N) is 1. The van der Waals surface area contributed by atoms with E-state index in [0.717, 1.165) is 35.3 Å². The van der Waals surface area contributed by atoms with E-state index in [4.69, 9.17) is 0 Å². The van der Waals surface area contributed by atoms with Crippen molar-refractivity contribution in [2.75, 3.05) is 26.7 Å². The van der Waals surface area contributed by atoms with Gasteiger partial charge in [0.15, 0.2) is 0 Å². The van der Waals surface area contributed by atoms with Gasteiger partial charge in [0.2, 0.25) is 10.0 Å². The minimum absolute atomic E-state index is 0. The highest BCUT2D eigenvalue weighted by atomic mass is 35.5. The van der Waals surface area contributed by atoms with Crippen LogP contribution in [-0.4, -0.2) is 45.0 Å². The number of rotatable bonds is 10. The molecule has 0 spiro atoms. The molecular weight excluding hydrogens is 466 g/mol. The zero-order valence-electron chi connectivity index (χ0n) is 20.3. The first-order valence-corrected chi connectivity index (χ1v) is 13.9. The number of H-pyrrole nitrogens is 1. The fraction of sp³-hybridized carbons (Fsp3) is 0.481. The van der Waals surface area contributed by atoms with Crippen LogP contribution >= 0.6 is 12.4 Å². The summed E-state index contributed by atoms with van der Waals surface area (Å²) < 4.78 is 26.2. The summed E-state index contributed by atoms with van der Waals surface area (Å²) in [5.41, 5.74) is 4.64. The van der Waals surface area contributed by atoms with Gasteiger partial charge >= 0.3 is 0 Å². The highest BCUT2D eigenvalue weighted by Crippen LogP contribution is 2.27. The lowest BCUT2D eigenvalue weighted by molar-refractivity contribution is 0.171. The van der Waals surface area contributed by atoms with E-state index in [1.165, 1.54) is 56.9 Å². The number of piperidine rings is 1. The summed E-state index contributed by atoms with van der Waals surface area (Å²) in [4.78, 5) is 5.98. The van der Waals surface area contributed by atoms with Gasteiger partial charge < -0.3 is 9.88 Å². The van der Waals surface area contributed by atoms with Gasteiger partial charge in [0.25, 0.3) is 0 Å². The molecule has 0 bridgehead atoms. The molecule has 4 rings (SSSR count). The topological polar surface area (TPSA) is 65.2 Å². The Kier molecular flexibility index (Phi) is 9.60. The first-order valence-electron chi connectivity index (χ1n) is 12.2. The van der Waals surface area contributed by atoms with Crippen molar-refractivity contribution in [3.63, 3.8) is 0 Å². The van der Waals surface area contributed by atoms with Crippen LogP contribution < -0.4 is 4.72 Å². The molecule has 0 amide bonds. The largest absolute Gasteiger partial charge is 0.361 e. The Balaban J connectivity index is 0.00000324. The second kappa shape index (κ2) is 12.2. The smallest absolute Gasteiger partial charge is 0.215 e. The highest BCUT2D eigenvalue weighted by molar-refractivity contribution is 7.88. The SMILES string of the molecule is CNS(=O)(=O)Cc1ccc2[nH]cc(CCCC3CCN(CC(C)c4ccccc4)CC3)c2c1.Cl. The summed E-state index contributed by atoms with van der Waals surface area (Å²) in [6.45, 7) is 5.90. The van der Waals surface area contributed by atoms with Gasteiger partial charge in [-0.3, -0.25) is 0 Å². The number of hydrogen-bond acceptors (Lipinski definition) is 3. The molecule has 1 unspecified atom stereocenters. The molecule has 7 heteroatoms. The maximum Gasteiger partial charge on any atom is 0.215 e. The number of aromatic amines is 1. The number of likely N-dealkylation sites (tertiary alicyclic amines) is 1. The fourth-order valence-electron chi connectivity index (χ4n) is 5.13. The Morgan fingerprint density at radius 1 is 1.12 bits per heavy atom. The number of nitrogens with one attached hydrogen (secondary N) is 2. The summed E-state index contributed by atoms with van der Waals surface area (Å²) in [5.74, 6) is 1.42. The monoisotopic (exact) mass is 503 g/mol. The van der Waals surface area contributed by atoms with Crippen molar-refractivity contribution in [3.8, 4) is 0 Å². The standard InChI is InChI=1S/C27H37N3O2S.ClH/c1-21(24-8-4-3-5-9-24)19-30-15-13-22(14-16-30)7-6-10-25-18-29-27-12-11-23(17-26(25)27)20-33(31,32)28-2;/h3-5,8-9,11-12,17-18,21-22,28-29H,6-7,10,13-16,19-20H2,1-2H3;1H. The van der Waals surface area contributed by atoms with Crippen molar-refractivity contribution in [1.82, 2.24) is 14.6 Å². The maximum absolute atomic E-state index is 11.9. The average Bonchev–Trinajstić information content (AvgIpc) is 3.23. The van der Waals surface area contributed by atoms with Crippen molar-refractivity contribution in [2.24, 2.45) is 5.92 Å². The molecule has 0 saturated carbocycles. The minimum Gasteiger partial charge on any atom is -0.361 e. The molecule has 1 saturated heterocycles. The van der Waals surface area contributed by atoms with Gasteiger partial charge in [-0.05, 0) is 86.5 Å². The number of fused-ring (bicyclic) bond motifs is 1. The fourth-order valence-corrected chi connectivity index (χ4v) is 5.89. The van der Waals surface area contributed by atoms with Crippen LogP contribution in [0.15, 0.2) is 54.7 Å². The molecule has 1 aromatic heterocycles. The van der Waals surface area contributed by atoms with E-state index in [-0.39, 0.29) is 18.2 Å². The Hall–Kier alpha value is -1.86. The molecule has 1 aliphatic heterocycles. The van der Waals surface area contributed by atoms with Gasteiger partial charge in [0, 0.05) is 23.6 Å². The van der Waals surface area contributed by atoms with E-state index in [1.807, 2.05) is 18.2 Å². The number of sulfonamides is 1. The van der Waals surface area contributed by atoms with E-state index < -0.39 is 10.0 Å². The zero-order chi connectivity index (χ0) is 23.3. The van der Waals surface area contributed by atoms with Gasteiger partial charge in [0.1, 0.15) is 0 Å². The van der Waals surface area contributed by atoms with Crippen molar-refractivity contribution in [1.29, 1.82) is 0 Å². The molecule has 0 aliphatic carbocycles. The van der Waals surface area contributed by atoms with Crippen LogP contribution in [0.25, 0.3) is 10.9 Å². The molecule has 0 radical (unpaired) electrons. The van der Waals surface area contributed by atoms with Gasteiger partial charge in [0.05, 0.1) is 5.75 Å². The lowest BCUT2D eigenvalue weighted by Gasteiger charge is -2.33. The Morgan fingerprint density at radius 3 is 2.56 bits per heavy atom. The summed E-state index contributed by atoms with van der Waals surface area (Å²) in [7, 11) is -1.80. The predicted molar refractivity (Wildman–Crippen MR) is 144 cm³/mol. The third-order valence-corrected chi connectivity index (χ3v) is 8.50. The molecule has 1 fully saturated rings. The summed E-state index contributed by atoms with van der Waals surface area (Å²) >= 11 is 0. The number of hydrogen-bond donors (Lipinski definition) is 2. The van der Waals surface area contributed by atoms with Crippen LogP contribution in [0, 0.1) is 5.92 Å².